The van der Waals surface area contributed by atoms with Crippen LogP contribution in [-0.4, -0.2) is 43.8 Å². The minimum absolute atomic E-state index is 0.136. The van der Waals surface area contributed by atoms with Gasteiger partial charge in [0.25, 0.3) is 5.56 Å². The number of fused-ring (bicyclic) bond motifs is 1. The Hall–Kier alpha value is -3.29. The molecular formula is C25H26N4O3. The van der Waals surface area contributed by atoms with Crippen LogP contribution < -0.4 is 5.56 Å². The molecule has 0 amide bonds. The van der Waals surface area contributed by atoms with Gasteiger partial charge in [0.1, 0.15) is 0 Å². The maximum Gasteiger partial charge on any atom is 0.261 e. The Morgan fingerprint density at radius 1 is 1.19 bits per heavy atom. The van der Waals surface area contributed by atoms with Crippen molar-refractivity contribution >= 4 is 10.9 Å². The first-order chi connectivity index (χ1) is 15.5. The van der Waals surface area contributed by atoms with Crippen LogP contribution in [0.3, 0.4) is 0 Å². The SMILES string of the molecule is Cc1c(Cc2ccc(-n3cccn3)cc2)cc2c(=O)n([C@@H]3COCC[C@H]3O)cnc2c1C. The van der Waals surface area contributed by atoms with Gasteiger partial charge in [-0.1, -0.05) is 12.1 Å². The molecule has 0 saturated carbocycles. The van der Waals surface area contributed by atoms with E-state index in [1.165, 1.54) is 4.57 Å². The molecule has 1 aliphatic rings. The van der Waals surface area contributed by atoms with Crippen molar-refractivity contribution in [3.63, 3.8) is 0 Å². The zero-order valence-electron chi connectivity index (χ0n) is 18.2. The Kier molecular flexibility index (Phi) is 5.36. The lowest BCUT2D eigenvalue weighted by atomic mass is 9.94. The molecule has 5 rings (SSSR count). The second-order valence-corrected chi connectivity index (χ2v) is 8.43. The van der Waals surface area contributed by atoms with Gasteiger partial charge < -0.3 is 9.84 Å². The van der Waals surface area contributed by atoms with Crippen LogP contribution in [0, 0.1) is 13.8 Å². The maximum absolute atomic E-state index is 13.4. The summed E-state index contributed by atoms with van der Waals surface area (Å²) >= 11 is 0. The van der Waals surface area contributed by atoms with Crippen LogP contribution >= 0.6 is 0 Å². The molecule has 1 N–H and O–H groups in total. The fraction of sp³-hybridized carbons (Fsp3) is 0.320. The molecule has 2 aromatic carbocycles. The predicted octanol–water partition coefficient (Wildman–Crippen LogP) is 3.11. The number of rotatable bonds is 4. The van der Waals surface area contributed by atoms with E-state index in [0.29, 0.717) is 37.0 Å². The summed E-state index contributed by atoms with van der Waals surface area (Å²) in [6, 6.07) is 11.7. The third-order valence-electron chi connectivity index (χ3n) is 6.50. The van der Waals surface area contributed by atoms with Crippen molar-refractivity contribution in [2.24, 2.45) is 0 Å². The van der Waals surface area contributed by atoms with Gasteiger partial charge >= 0.3 is 0 Å². The number of benzene rings is 2. The van der Waals surface area contributed by atoms with E-state index < -0.39 is 12.1 Å². The van der Waals surface area contributed by atoms with Gasteiger partial charge in [0.2, 0.25) is 0 Å². The minimum Gasteiger partial charge on any atom is -0.391 e. The fourth-order valence-electron chi connectivity index (χ4n) is 4.42. The number of aliphatic hydroxyl groups is 1. The molecule has 164 valence electrons. The number of aliphatic hydroxyl groups excluding tert-OH is 1. The lowest BCUT2D eigenvalue weighted by Crippen LogP contribution is -2.39. The molecule has 4 aromatic rings. The zero-order chi connectivity index (χ0) is 22.2. The molecule has 0 unspecified atom stereocenters. The predicted molar refractivity (Wildman–Crippen MR) is 122 cm³/mol. The maximum atomic E-state index is 13.4. The van der Waals surface area contributed by atoms with Crippen LogP contribution in [-0.2, 0) is 11.2 Å². The Labute approximate surface area is 185 Å². The van der Waals surface area contributed by atoms with Gasteiger partial charge in [-0.05, 0) is 73.2 Å². The Bertz CT molecular complexity index is 1310. The van der Waals surface area contributed by atoms with Crippen LogP contribution in [0.15, 0.2) is 59.9 Å². The van der Waals surface area contributed by atoms with Crippen molar-refractivity contribution in [2.45, 2.75) is 38.8 Å². The van der Waals surface area contributed by atoms with Gasteiger partial charge in [-0.2, -0.15) is 5.10 Å². The van der Waals surface area contributed by atoms with E-state index in [1.54, 1.807) is 12.5 Å². The molecule has 0 aliphatic carbocycles. The van der Waals surface area contributed by atoms with Crippen LogP contribution in [0.25, 0.3) is 16.6 Å². The molecule has 2 aromatic heterocycles. The normalized spacial score (nSPS) is 18.8. The van der Waals surface area contributed by atoms with Crippen molar-refractivity contribution in [1.29, 1.82) is 0 Å². The standard InChI is InChI=1S/C25H26N4O3/c1-16-17(2)24-21(25(31)28(15-26-24)22-14-32-11-8-23(22)30)13-19(16)12-18-4-6-20(7-5-18)29-10-3-9-27-29/h3-7,9-10,13,15,22-23,30H,8,11-12,14H2,1-2H3/t22-,23-/m1/s1. The van der Waals surface area contributed by atoms with Crippen LogP contribution in [0.5, 0.6) is 0 Å². The highest BCUT2D eigenvalue weighted by atomic mass is 16.5. The van der Waals surface area contributed by atoms with Crippen LogP contribution in [0.1, 0.15) is 34.7 Å². The summed E-state index contributed by atoms with van der Waals surface area (Å²) in [6.07, 6.45) is 5.84. The second-order valence-electron chi connectivity index (χ2n) is 8.43. The first-order valence-corrected chi connectivity index (χ1v) is 10.9. The van der Waals surface area contributed by atoms with Gasteiger partial charge in [-0.3, -0.25) is 9.36 Å². The summed E-state index contributed by atoms with van der Waals surface area (Å²) in [4.78, 5) is 18.0. The van der Waals surface area contributed by atoms with E-state index in [0.717, 1.165) is 27.9 Å². The van der Waals surface area contributed by atoms with E-state index in [2.05, 4.69) is 29.1 Å². The molecule has 2 atom stereocenters. The van der Waals surface area contributed by atoms with Gasteiger partial charge in [-0.15, -0.1) is 0 Å². The smallest absolute Gasteiger partial charge is 0.261 e. The quantitative estimate of drug-likeness (QED) is 0.538. The summed E-state index contributed by atoms with van der Waals surface area (Å²) in [5.74, 6) is 0. The first-order valence-electron chi connectivity index (χ1n) is 10.9. The monoisotopic (exact) mass is 430 g/mol. The summed E-state index contributed by atoms with van der Waals surface area (Å²) < 4.78 is 8.86. The summed E-state index contributed by atoms with van der Waals surface area (Å²) in [6.45, 7) is 4.91. The van der Waals surface area contributed by atoms with Gasteiger partial charge in [0.05, 0.1) is 41.7 Å². The number of ether oxygens (including phenoxy) is 1. The summed E-state index contributed by atoms with van der Waals surface area (Å²) in [5.41, 5.74) is 5.98. The van der Waals surface area contributed by atoms with E-state index >= 15 is 0 Å². The molecule has 1 aliphatic heterocycles. The van der Waals surface area contributed by atoms with Crippen molar-refractivity contribution in [1.82, 2.24) is 19.3 Å². The number of nitrogens with zero attached hydrogens (tertiary/aromatic N) is 4. The van der Waals surface area contributed by atoms with E-state index in [4.69, 9.17) is 4.74 Å². The average molecular weight is 431 g/mol. The molecule has 0 spiro atoms. The molecule has 3 heterocycles. The van der Waals surface area contributed by atoms with Gasteiger partial charge in [-0.25, -0.2) is 9.67 Å². The topological polar surface area (TPSA) is 82.2 Å². The van der Waals surface area contributed by atoms with Crippen LogP contribution in [0.2, 0.25) is 0 Å². The zero-order valence-corrected chi connectivity index (χ0v) is 18.2. The molecule has 1 saturated heterocycles. The summed E-state index contributed by atoms with van der Waals surface area (Å²) in [5, 5.41) is 15.2. The lowest BCUT2D eigenvalue weighted by molar-refractivity contribution is -0.0303. The largest absolute Gasteiger partial charge is 0.391 e. The Morgan fingerprint density at radius 3 is 2.72 bits per heavy atom. The van der Waals surface area contributed by atoms with E-state index in [9.17, 15) is 9.90 Å². The number of hydrogen-bond acceptors (Lipinski definition) is 5. The van der Waals surface area contributed by atoms with Crippen LogP contribution in [0.4, 0.5) is 0 Å². The Morgan fingerprint density at radius 2 is 2.00 bits per heavy atom. The third-order valence-corrected chi connectivity index (χ3v) is 6.50. The molecule has 0 bridgehead atoms. The molecule has 7 heteroatoms. The van der Waals surface area contributed by atoms with Crippen molar-refractivity contribution in [2.75, 3.05) is 13.2 Å². The Balaban J connectivity index is 1.52. The third kappa shape index (κ3) is 3.63. The average Bonchev–Trinajstić information content (AvgIpc) is 3.34. The minimum atomic E-state index is -0.611. The lowest BCUT2D eigenvalue weighted by Gasteiger charge is -2.29. The van der Waals surface area contributed by atoms with Crippen molar-refractivity contribution in [3.05, 3.63) is 87.7 Å². The molecule has 0 radical (unpaired) electrons. The summed E-state index contributed by atoms with van der Waals surface area (Å²) in [7, 11) is 0. The first kappa shape index (κ1) is 20.6. The highest BCUT2D eigenvalue weighted by Crippen LogP contribution is 2.25. The van der Waals surface area contributed by atoms with E-state index in [-0.39, 0.29) is 5.56 Å². The molecular weight excluding hydrogens is 404 g/mol. The molecule has 7 nitrogen and oxygen atoms in total. The van der Waals surface area contributed by atoms with Crippen molar-refractivity contribution in [3.8, 4) is 5.69 Å². The van der Waals surface area contributed by atoms with Crippen molar-refractivity contribution < 1.29 is 9.84 Å². The van der Waals surface area contributed by atoms with E-state index in [1.807, 2.05) is 42.1 Å². The molecule has 1 fully saturated rings. The van der Waals surface area contributed by atoms with Gasteiger partial charge in [0.15, 0.2) is 0 Å². The number of aryl methyl sites for hydroxylation is 1. The fourth-order valence-corrected chi connectivity index (χ4v) is 4.42. The number of aromatic nitrogens is 4. The molecule has 32 heavy (non-hydrogen) atoms. The highest BCUT2D eigenvalue weighted by molar-refractivity contribution is 5.83. The van der Waals surface area contributed by atoms with Gasteiger partial charge in [0, 0.05) is 19.0 Å². The second kappa shape index (κ2) is 8.33. The highest BCUT2D eigenvalue weighted by Gasteiger charge is 2.27. The number of hydrogen-bond donors (Lipinski definition) is 1.